The Morgan fingerprint density at radius 1 is 0.676 bits per heavy atom. The molecule has 170 valence electrons. The van der Waals surface area contributed by atoms with E-state index in [-0.39, 0.29) is 0 Å². The Bertz CT molecular complexity index is 1300. The van der Waals surface area contributed by atoms with Gasteiger partial charge in [-0.15, -0.1) is 10.2 Å². The van der Waals surface area contributed by atoms with E-state index in [1.54, 1.807) is 11.3 Å². The molecule has 5 heteroatoms. The average Bonchev–Trinajstić information content (AvgIpc) is 3.37. The Balaban J connectivity index is 0.00000133. The molecule has 4 nitrogen and oxygen atoms in total. The Morgan fingerprint density at radius 2 is 1.26 bits per heavy atom. The second-order valence-electron chi connectivity index (χ2n) is 7.44. The number of anilines is 4. The third-order valence-corrected chi connectivity index (χ3v) is 6.20. The lowest BCUT2D eigenvalue weighted by Gasteiger charge is -2.26. The zero-order valence-electron chi connectivity index (χ0n) is 19.4. The molecule has 4 aromatic carbocycles. The van der Waals surface area contributed by atoms with Gasteiger partial charge in [0.2, 0.25) is 0 Å². The molecule has 0 saturated heterocycles. The van der Waals surface area contributed by atoms with Crippen molar-refractivity contribution in [2.24, 2.45) is 0 Å². The molecule has 34 heavy (non-hydrogen) atoms. The lowest BCUT2D eigenvalue weighted by Crippen LogP contribution is -2.11. The summed E-state index contributed by atoms with van der Waals surface area (Å²) in [5.41, 5.74) is 12.4. The van der Waals surface area contributed by atoms with Crippen LogP contribution in [0.2, 0.25) is 0 Å². The van der Waals surface area contributed by atoms with Crippen molar-refractivity contribution in [3.63, 3.8) is 0 Å². The minimum Gasteiger partial charge on any atom is -0.397 e. The van der Waals surface area contributed by atoms with E-state index in [1.165, 1.54) is 5.56 Å². The SMILES string of the molecule is CC.Nc1ccccc1N(c1ccccc1)c1ccc(Cc2nnc(-c3ccccc3)s2)cc1. The summed E-state index contributed by atoms with van der Waals surface area (Å²) in [5, 5.41) is 10.7. The van der Waals surface area contributed by atoms with Crippen molar-refractivity contribution in [1.29, 1.82) is 0 Å². The van der Waals surface area contributed by atoms with Crippen LogP contribution in [0.1, 0.15) is 24.4 Å². The molecule has 0 bridgehead atoms. The number of hydrogen-bond acceptors (Lipinski definition) is 5. The summed E-state index contributed by atoms with van der Waals surface area (Å²) in [6.45, 7) is 4.00. The Hall–Kier alpha value is -3.96. The summed E-state index contributed by atoms with van der Waals surface area (Å²) < 4.78 is 0. The van der Waals surface area contributed by atoms with Crippen LogP contribution in [0.25, 0.3) is 10.6 Å². The number of nitrogen functional groups attached to an aromatic ring is 1. The predicted molar refractivity (Wildman–Crippen MR) is 145 cm³/mol. The van der Waals surface area contributed by atoms with Crippen LogP contribution >= 0.6 is 11.3 Å². The van der Waals surface area contributed by atoms with Gasteiger partial charge in [-0.3, -0.25) is 0 Å². The Morgan fingerprint density at radius 3 is 1.94 bits per heavy atom. The molecule has 0 unspecified atom stereocenters. The van der Waals surface area contributed by atoms with E-state index in [0.717, 1.165) is 44.7 Å². The van der Waals surface area contributed by atoms with Gasteiger partial charge in [-0.25, -0.2) is 0 Å². The highest BCUT2D eigenvalue weighted by molar-refractivity contribution is 7.14. The van der Waals surface area contributed by atoms with Crippen LogP contribution in [0, 0.1) is 0 Å². The summed E-state index contributed by atoms with van der Waals surface area (Å²) in [7, 11) is 0. The monoisotopic (exact) mass is 464 g/mol. The first-order chi connectivity index (χ1) is 16.8. The zero-order valence-corrected chi connectivity index (χ0v) is 20.2. The maximum absolute atomic E-state index is 6.32. The van der Waals surface area contributed by atoms with Crippen LogP contribution in [0.5, 0.6) is 0 Å². The van der Waals surface area contributed by atoms with Crippen LogP contribution in [-0.2, 0) is 6.42 Å². The highest BCUT2D eigenvalue weighted by Gasteiger charge is 2.15. The average molecular weight is 465 g/mol. The van der Waals surface area contributed by atoms with Gasteiger partial charge in [0.15, 0.2) is 0 Å². The molecule has 2 N–H and O–H groups in total. The maximum atomic E-state index is 6.32. The van der Waals surface area contributed by atoms with Gasteiger partial charge in [0.25, 0.3) is 0 Å². The largest absolute Gasteiger partial charge is 0.397 e. The van der Waals surface area contributed by atoms with Crippen molar-refractivity contribution in [2.75, 3.05) is 10.6 Å². The fourth-order valence-corrected chi connectivity index (χ4v) is 4.53. The molecule has 5 aromatic rings. The summed E-state index contributed by atoms with van der Waals surface area (Å²) >= 11 is 1.64. The van der Waals surface area contributed by atoms with Gasteiger partial charge in [0, 0.05) is 23.4 Å². The highest BCUT2D eigenvalue weighted by atomic mass is 32.1. The normalized spacial score (nSPS) is 10.3. The molecule has 1 aromatic heterocycles. The number of rotatable bonds is 6. The van der Waals surface area contributed by atoms with Gasteiger partial charge < -0.3 is 10.6 Å². The third kappa shape index (κ3) is 5.33. The number of benzene rings is 4. The van der Waals surface area contributed by atoms with Gasteiger partial charge in [0.1, 0.15) is 10.0 Å². The minimum atomic E-state index is 0.739. The fourth-order valence-electron chi connectivity index (χ4n) is 3.66. The van der Waals surface area contributed by atoms with Crippen LogP contribution in [-0.4, -0.2) is 10.2 Å². The molecule has 1 heterocycles. The first-order valence-electron chi connectivity index (χ1n) is 11.4. The molecule has 0 aliphatic carbocycles. The maximum Gasteiger partial charge on any atom is 0.147 e. The van der Waals surface area contributed by atoms with Crippen molar-refractivity contribution < 1.29 is 0 Å². The van der Waals surface area contributed by atoms with Gasteiger partial charge in [0.05, 0.1) is 11.4 Å². The molecule has 0 atom stereocenters. The van der Waals surface area contributed by atoms with Crippen molar-refractivity contribution in [2.45, 2.75) is 20.3 Å². The van der Waals surface area contributed by atoms with Crippen molar-refractivity contribution in [3.05, 3.63) is 120 Å². The summed E-state index contributed by atoms with van der Waals surface area (Å²) in [4.78, 5) is 2.18. The standard InChI is InChI=1S/C27H22N4S.C2H6/c28-24-13-7-8-14-25(24)31(22-11-5-2-6-12-22)23-17-15-20(16-18-23)19-26-29-30-27(32-26)21-9-3-1-4-10-21;1-2/h1-18H,19,28H2;1-2H3. The van der Waals surface area contributed by atoms with E-state index in [2.05, 4.69) is 63.6 Å². The molecule has 5 rings (SSSR count). The second-order valence-corrected chi connectivity index (χ2v) is 8.50. The fraction of sp³-hybridized carbons (Fsp3) is 0.103. The van der Waals surface area contributed by atoms with Crippen LogP contribution in [0.15, 0.2) is 109 Å². The van der Waals surface area contributed by atoms with E-state index >= 15 is 0 Å². The van der Waals surface area contributed by atoms with E-state index < -0.39 is 0 Å². The minimum absolute atomic E-state index is 0.739. The summed E-state index contributed by atoms with van der Waals surface area (Å²) in [6.07, 6.45) is 0.754. The Labute approximate surface area is 205 Å². The topological polar surface area (TPSA) is 55.0 Å². The molecule has 0 aliphatic heterocycles. The van der Waals surface area contributed by atoms with Gasteiger partial charge in [-0.05, 0) is 42.0 Å². The van der Waals surface area contributed by atoms with Crippen LogP contribution < -0.4 is 10.6 Å². The number of para-hydroxylation sites is 3. The molecule has 0 saturated carbocycles. The quantitative estimate of drug-likeness (QED) is 0.260. The first-order valence-corrected chi connectivity index (χ1v) is 12.3. The molecule has 0 amide bonds. The lowest BCUT2D eigenvalue weighted by atomic mass is 10.1. The number of aromatic nitrogens is 2. The summed E-state index contributed by atoms with van der Waals surface area (Å²) in [6, 6.07) is 36.9. The van der Waals surface area contributed by atoms with Gasteiger partial charge >= 0.3 is 0 Å². The van der Waals surface area contributed by atoms with Crippen LogP contribution in [0.3, 0.4) is 0 Å². The van der Waals surface area contributed by atoms with E-state index in [4.69, 9.17) is 5.73 Å². The van der Waals surface area contributed by atoms with Gasteiger partial charge in [-0.2, -0.15) is 0 Å². The van der Waals surface area contributed by atoms with E-state index in [9.17, 15) is 0 Å². The third-order valence-electron chi connectivity index (χ3n) is 5.23. The molecule has 0 fully saturated rings. The second kappa shape index (κ2) is 11.3. The van der Waals surface area contributed by atoms with Crippen LogP contribution in [0.4, 0.5) is 22.7 Å². The summed E-state index contributed by atoms with van der Waals surface area (Å²) in [5.74, 6) is 0. The van der Waals surface area contributed by atoms with E-state index in [0.29, 0.717) is 0 Å². The van der Waals surface area contributed by atoms with Gasteiger partial charge in [-0.1, -0.05) is 98.0 Å². The first kappa shape index (κ1) is 23.2. The highest BCUT2D eigenvalue weighted by Crippen LogP contribution is 2.37. The number of nitrogens with zero attached hydrogens (tertiary/aromatic N) is 3. The molecular weight excluding hydrogens is 436 g/mol. The molecule has 0 radical (unpaired) electrons. The lowest BCUT2D eigenvalue weighted by molar-refractivity contribution is 1.01. The predicted octanol–water partition coefficient (Wildman–Crippen LogP) is 7.87. The van der Waals surface area contributed by atoms with E-state index in [1.807, 2.05) is 74.5 Å². The number of hydrogen-bond donors (Lipinski definition) is 1. The molecule has 0 spiro atoms. The molecule has 0 aliphatic rings. The van der Waals surface area contributed by atoms with Crippen molar-refractivity contribution in [1.82, 2.24) is 10.2 Å². The Kier molecular flexibility index (Phi) is 7.68. The van der Waals surface area contributed by atoms with Crippen molar-refractivity contribution in [3.8, 4) is 10.6 Å². The molecular formula is C29H28N4S. The smallest absolute Gasteiger partial charge is 0.147 e. The number of nitrogens with two attached hydrogens (primary N) is 1. The zero-order chi connectivity index (χ0) is 23.8. The van der Waals surface area contributed by atoms with Crippen molar-refractivity contribution >= 4 is 34.1 Å².